The Morgan fingerprint density at radius 1 is 0.933 bits per heavy atom. The number of amides is 2. The van der Waals surface area contributed by atoms with Gasteiger partial charge in [0.1, 0.15) is 12.2 Å². The Labute approximate surface area is 176 Å². The number of anilines is 1. The van der Waals surface area contributed by atoms with Crippen molar-refractivity contribution in [2.24, 2.45) is 5.92 Å². The van der Waals surface area contributed by atoms with Crippen molar-refractivity contribution in [3.05, 3.63) is 66.2 Å². The maximum Gasteiger partial charge on any atom is 0.319 e. The van der Waals surface area contributed by atoms with Gasteiger partial charge in [-0.25, -0.2) is 4.79 Å². The molecule has 0 heterocycles. The lowest BCUT2D eigenvalue weighted by Gasteiger charge is -2.22. The van der Waals surface area contributed by atoms with Gasteiger partial charge in [-0.15, -0.1) is 0 Å². The number of para-hydroxylation sites is 1. The largest absolute Gasteiger partial charge is 0.461 e. The molecular formula is C23H28N2O5. The van der Waals surface area contributed by atoms with Crippen LogP contribution in [0.25, 0.3) is 0 Å². The van der Waals surface area contributed by atoms with Crippen LogP contribution in [0, 0.1) is 5.92 Å². The molecule has 2 aromatic rings. The Balaban J connectivity index is 1.95. The van der Waals surface area contributed by atoms with Crippen LogP contribution in [0.1, 0.15) is 32.8 Å². The zero-order valence-corrected chi connectivity index (χ0v) is 17.5. The Kier molecular flexibility index (Phi) is 8.41. The van der Waals surface area contributed by atoms with Crippen LogP contribution < -0.4 is 10.6 Å². The first kappa shape index (κ1) is 22.9. The predicted octanol–water partition coefficient (Wildman–Crippen LogP) is 3.90. The zero-order chi connectivity index (χ0) is 22.0. The van der Waals surface area contributed by atoms with Crippen molar-refractivity contribution in [3.8, 4) is 0 Å². The highest BCUT2D eigenvalue weighted by Crippen LogP contribution is 2.14. The summed E-state index contributed by atoms with van der Waals surface area (Å²) in [7, 11) is 0. The minimum absolute atomic E-state index is 0.0640. The standard InChI is InChI=1S/C23H28N2O5/c1-23(2,3)30-20(26)14-18(21(27)29-16-17-10-6-4-7-11-17)15-24-22(28)25-19-12-8-5-9-13-19/h4-13,18H,14-16H2,1-3H3,(H2,24,25,28)/t18-/m0/s1. The van der Waals surface area contributed by atoms with Crippen LogP contribution in [0.4, 0.5) is 10.5 Å². The summed E-state index contributed by atoms with van der Waals surface area (Å²) < 4.78 is 10.7. The van der Waals surface area contributed by atoms with Crippen molar-refractivity contribution in [3.63, 3.8) is 0 Å². The molecule has 7 nitrogen and oxygen atoms in total. The Hall–Kier alpha value is -3.35. The second-order valence-corrected chi connectivity index (χ2v) is 7.78. The molecule has 7 heteroatoms. The Morgan fingerprint density at radius 2 is 1.53 bits per heavy atom. The summed E-state index contributed by atoms with van der Waals surface area (Å²) >= 11 is 0. The van der Waals surface area contributed by atoms with E-state index in [2.05, 4.69) is 10.6 Å². The number of carbonyl (C=O) groups excluding carboxylic acids is 3. The van der Waals surface area contributed by atoms with Crippen LogP contribution in [0.15, 0.2) is 60.7 Å². The number of hydrogen-bond donors (Lipinski definition) is 2. The van der Waals surface area contributed by atoms with Crippen molar-refractivity contribution in [2.75, 3.05) is 11.9 Å². The smallest absolute Gasteiger partial charge is 0.319 e. The molecule has 0 aliphatic rings. The fraction of sp³-hybridized carbons (Fsp3) is 0.348. The number of esters is 2. The average molecular weight is 412 g/mol. The molecule has 2 rings (SSSR count). The van der Waals surface area contributed by atoms with Gasteiger partial charge in [-0.1, -0.05) is 48.5 Å². The normalized spacial score (nSPS) is 11.8. The van der Waals surface area contributed by atoms with Crippen molar-refractivity contribution in [1.82, 2.24) is 5.32 Å². The molecule has 0 aliphatic heterocycles. The highest BCUT2D eigenvalue weighted by Gasteiger charge is 2.27. The van der Waals surface area contributed by atoms with Crippen LogP contribution in [0.3, 0.4) is 0 Å². The highest BCUT2D eigenvalue weighted by atomic mass is 16.6. The number of urea groups is 1. The van der Waals surface area contributed by atoms with Gasteiger partial charge < -0.3 is 20.1 Å². The van der Waals surface area contributed by atoms with Gasteiger partial charge in [-0.05, 0) is 38.5 Å². The molecule has 0 radical (unpaired) electrons. The third-order valence-electron chi connectivity index (χ3n) is 3.93. The quantitative estimate of drug-likeness (QED) is 0.642. The maximum absolute atomic E-state index is 12.6. The summed E-state index contributed by atoms with van der Waals surface area (Å²) in [5.41, 5.74) is 0.773. The van der Waals surface area contributed by atoms with Crippen LogP contribution in [0.2, 0.25) is 0 Å². The van der Waals surface area contributed by atoms with E-state index in [0.717, 1.165) is 5.56 Å². The molecule has 0 saturated heterocycles. The predicted molar refractivity (Wildman–Crippen MR) is 114 cm³/mol. The SMILES string of the molecule is CC(C)(C)OC(=O)C[C@@H](CNC(=O)Nc1ccccc1)C(=O)OCc1ccccc1. The number of benzene rings is 2. The topological polar surface area (TPSA) is 93.7 Å². The number of rotatable bonds is 8. The molecule has 1 atom stereocenters. The zero-order valence-electron chi connectivity index (χ0n) is 17.5. The molecule has 0 bridgehead atoms. The monoisotopic (exact) mass is 412 g/mol. The molecule has 2 N–H and O–H groups in total. The minimum Gasteiger partial charge on any atom is -0.461 e. The molecule has 0 fully saturated rings. The second-order valence-electron chi connectivity index (χ2n) is 7.78. The third-order valence-corrected chi connectivity index (χ3v) is 3.93. The molecule has 0 unspecified atom stereocenters. The van der Waals surface area contributed by atoms with Crippen LogP contribution in [-0.2, 0) is 25.7 Å². The van der Waals surface area contributed by atoms with E-state index in [9.17, 15) is 14.4 Å². The average Bonchev–Trinajstić information content (AvgIpc) is 2.69. The summed E-state index contributed by atoms with van der Waals surface area (Å²) in [5.74, 6) is -1.98. The van der Waals surface area contributed by atoms with E-state index in [1.165, 1.54) is 0 Å². The van der Waals surface area contributed by atoms with E-state index >= 15 is 0 Å². The summed E-state index contributed by atoms with van der Waals surface area (Å²) in [6.45, 7) is 5.27. The number of nitrogens with one attached hydrogen (secondary N) is 2. The molecule has 0 aliphatic carbocycles. The van der Waals surface area contributed by atoms with E-state index in [0.29, 0.717) is 5.69 Å². The molecule has 0 spiro atoms. The molecule has 160 valence electrons. The summed E-state index contributed by atoms with van der Waals surface area (Å²) in [5, 5.41) is 5.29. The van der Waals surface area contributed by atoms with Gasteiger partial charge in [0.2, 0.25) is 0 Å². The fourth-order valence-corrected chi connectivity index (χ4v) is 2.58. The lowest BCUT2D eigenvalue weighted by atomic mass is 10.1. The van der Waals surface area contributed by atoms with E-state index in [1.54, 1.807) is 45.0 Å². The molecular weight excluding hydrogens is 384 g/mol. The van der Waals surface area contributed by atoms with Gasteiger partial charge >= 0.3 is 18.0 Å². The van der Waals surface area contributed by atoms with Gasteiger partial charge in [0.15, 0.2) is 0 Å². The van der Waals surface area contributed by atoms with Gasteiger partial charge in [-0.2, -0.15) is 0 Å². The number of carbonyl (C=O) groups is 3. The van der Waals surface area contributed by atoms with Crippen molar-refractivity contribution in [2.45, 2.75) is 39.4 Å². The van der Waals surface area contributed by atoms with Crippen molar-refractivity contribution >= 4 is 23.7 Å². The first-order valence-corrected chi connectivity index (χ1v) is 9.75. The van der Waals surface area contributed by atoms with Crippen molar-refractivity contribution in [1.29, 1.82) is 0 Å². The van der Waals surface area contributed by atoms with Gasteiger partial charge in [-0.3, -0.25) is 9.59 Å². The lowest BCUT2D eigenvalue weighted by molar-refractivity contribution is -0.162. The van der Waals surface area contributed by atoms with E-state index in [4.69, 9.17) is 9.47 Å². The van der Waals surface area contributed by atoms with Crippen molar-refractivity contribution < 1.29 is 23.9 Å². The molecule has 2 aromatic carbocycles. The maximum atomic E-state index is 12.6. The van der Waals surface area contributed by atoms with Gasteiger partial charge in [0.25, 0.3) is 0 Å². The fourth-order valence-electron chi connectivity index (χ4n) is 2.58. The molecule has 0 aromatic heterocycles. The summed E-state index contributed by atoms with van der Waals surface area (Å²) in [6, 6.07) is 17.7. The Morgan fingerprint density at radius 3 is 2.13 bits per heavy atom. The van der Waals surface area contributed by atoms with Crippen LogP contribution in [-0.4, -0.2) is 30.1 Å². The summed E-state index contributed by atoms with van der Waals surface area (Å²) in [6.07, 6.45) is -0.198. The van der Waals surface area contributed by atoms with E-state index in [1.807, 2.05) is 36.4 Å². The number of ether oxygens (including phenoxy) is 2. The van der Waals surface area contributed by atoms with Gasteiger partial charge in [0.05, 0.1) is 12.3 Å². The first-order chi connectivity index (χ1) is 14.2. The van der Waals surface area contributed by atoms with Gasteiger partial charge in [0, 0.05) is 12.2 Å². The Bertz CT molecular complexity index is 832. The second kappa shape index (κ2) is 11.0. The lowest BCUT2D eigenvalue weighted by Crippen LogP contribution is -2.38. The molecule has 30 heavy (non-hydrogen) atoms. The summed E-state index contributed by atoms with van der Waals surface area (Å²) in [4.78, 5) is 37.0. The van der Waals surface area contributed by atoms with E-state index in [-0.39, 0.29) is 19.6 Å². The third kappa shape index (κ3) is 8.77. The highest BCUT2D eigenvalue weighted by molar-refractivity contribution is 5.89. The first-order valence-electron chi connectivity index (χ1n) is 9.75. The van der Waals surface area contributed by atoms with E-state index < -0.39 is 29.5 Å². The van der Waals surface area contributed by atoms with Crippen LogP contribution in [0.5, 0.6) is 0 Å². The van der Waals surface area contributed by atoms with Crippen LogP contribution >= 0.6 is 0 Å². The minimum atomic E-state index is -0.870. The number of hydrogen-bond acceptors (Lipinski definition) is 5. The molecule has 2 amide bonds. The molecule has 0 saturated carbocycles.